The summed E-state index contributed by atoms with van der Waals surface area (Å²) in [4.78, 5) is 14.5. The van der Waals surface area contributed by atoms with Crippen LogP contribution in [0.15, 0.2) is 30.3 Å². The Labute approximate surface area is 114 Å². The molecule has 0 saturated carbocycles. The van der Waals surface area contributed by atoms with Gasteiger partial charge in [0.05, 0.1) is 5.41 Å². The fourth-order valence-corrected chi connectivity index (χ4v) is 3.43. The maximum absolute atomic E-state index is 12.2. The molecule has 0 N–H and O–H groups in total. The molecular formula is C16H21NO2. The van der Waals surface area contributed by atoms with Crippen molar-refractivity contribution in [1.82, 2.24) is 4.90 Å². The zero-order valence-electron chi connectivity index (χ0n) is 11.5. The molecule has 2 fully saturated rings. The SMILES string of the molecule is CC1(c2ccccc2)COC(=O)C1N1CCCCC1. The highest BCUT2D eigenvalue weighted by molar-refractivity contribution is 5.81. The maximum atomic E-state index is 12.2. The van der Waals surface area contributed by atoms with Crippen molar-refractivity contribution in [3.05, 3.63) is 35.9 Å². The molecule has 0 aliphatic carbocycles. The molecule has 0 amide bonds. The van der Waals surface area contributed by atoms with E-state index < -0.39 is 0 Å². The summed E-state index contributed by atoms with van der Waals surface area (Å²) in [6.45, 7) is 4.69. The van der Waals surface area contributed by atoms with E-state index in [9.17, 15) is 4.79 Å². The Kier molecular flexibility index (Phi) is 3.31. The number of hydrogen-bond donors (Lipinski definition) is 0. The average Bonchev–Trinajstić information content (AvgIpc) is 2.78. The molecule has 1 aromatic carbocycles. The summed E-state index contributed by atoms with van der Waals surface area (Å²) in [5.41, 5.74) is 0.992. The first-order chi connectivity index (χ1) is 9.22. The first-order valence-corrected chi connectivity index (χ1v) is 7.18. The van der Waals surface area contributed by atoms with E-state index in [1.807, 2.05) is 18.2 Å². The molecule has 2 aliphatic rings. The van der Waals surface area contributed by atoms with Gasteiger partial charge >= 0.3 is 5.97 Å². The van der Waals surface area contributed by atoms with Crippen LogP contribution in [0.5, 0.6) is 0 Å². The number of carbonyl (C=O) groups excluding carboxylic acids is 1. The van der Waals surface area contributed by atoms with E-state index in [0.29, 0.717) is 6.61 Å². The molecule has 3 heteroatoms. The van der Waals surface area contributed by atoms with Crippen molar-refractivity contribution in [2.45, 2.75) is 37.6 Å². The second-order valence-corrected chi connectivity index (χ2v) is 5.89. The van der Waals surface area contributed by atoms with Crippen molar-refractivity contribution in [1.29, 1.82) is 0 Å². The third kappa shape index (κ3) is 2.16. The van der Waals surface area contributed by atoms with Gasteiger partial charge in [-0.15, -0.1) is 0 Å². The first-order valence-electron chi connectivity index (χ1n) is 7.18. The number of hydrogen-bond acceptors (Lipinski definition) is 3. The quantitative estimate of drug-likeness (QED) is 0.764. The monoisotopic (exact) mass is 259 g/mol. The molecule has 2 unspecified atom stereocenters. The summed E-state index contributed by atoms with van der Waals surface area (Å²) in [6, 6.07) is 10.2. The minimum Gasteiger partial charge on any atom is -0.463 e. The molecule has 0 bridgehead atoms. The Hall–Kier alpha value is -1.35. The van der Waals surface area contributed by atoms with E-state index in [4.69, 9.17) is 4.74 Å². The molecular weight excluding hydrogens is 238 g/mol. The van der Waals surface area contributed by atoms with Gasteiger partial charge in [0.1, 0.15) is 12.6 Å². The van der Waals surface area contributed by atoms with Crippen molar-refractivity contribution in [3.8, 4) is 0 Å². The normalized spacial score (nSPS) is 32.3. The third-order valence-corrected chi connectivity index (χ3v) is 4.53. The Morgan fingerprint density at radius 1 is 1.16 bits per heavy atom. The lowest BCUT2D eigenvalue weighted by Gasteiger charge is -2.38. The van der Waals surface area contributed by atoms with Crippen molar-refractivity contribution >= 4 is 5.97 Å². The summed E-state index contributed by atoms with van der Waals surface area (Å²) < 4.78 is 5.41. The summed E-state index contributed by atoms with van der Waals surface area (Å²) in [6.07, 6.45) is 3.66. The Morgan fingerprint density at radius 3 is 2.53 bits per heavy atom. The van der Waals surface area contributed by atoms with Gasteiger partial charge < -0.3 is 4.74 Å². The first kappa shape index (κ1) is 12.7. The number of rotatable bonds is 2. The summed E-state index contributed by atoms with van der Waals surface area (Å²) in [7, 11) is 0. The van der Waals surface area contributed by atoms with Gasteiger partial charge in [-0.2, -0.15) is 0 Å². The number of ether oxygens (including phenoxy) is 1. The number of cyclic esters (lactones) is 1. The molecule has 3 rings (SSSR count). The van der Waals surface area contributed by atoms with Crippen LogP contribution in [-0.4, -0.2) is 36.6 Å². The van der Waals surface area contributed by atoms with E-state index in [1.165, 1.54) is 24.8 Å². The average molecular weight is 259 g/mol. The second-order valence-electron chi connectivity index (χ2n) is 5.89. The van der Waals surface area contributed by atoms with Crippen molar-refractivity contribution in [3.63, 3.8) is 0 Å². The van der Waals surface area contributed by atoms with Crippen LogP contribution < -0.4 is 0 Å². The van der Waals surface area contributed by atoms with Crippen LogP contribution in [0.1, 0.15) is 31.7 Å². The van der Waals surface area contributed by atoms with Gasteiger partial charge in [0.15, 0.2) is 0 Å². The lowest BCUT2D eigenvalue weighted by atomic mass is 9.77. The van der Waals surface area contributed by atoms with Gasteiger partial charge in [-0.25, -0.2) is 0 Å². The van der Waals surface area contributed by atoms with Crippen LogP contribution in [-0.2, 0) is 14.9 Å². The fraction of sp³-hybridized carbons (Fsp3) is 0.562. The van der Waals surface area contributed by atoms with E-state index >= 15 is 0 Å². The van der Waals surface area contributed by atoms with E-state index in [1.54, 1.807) is 0 Å². The van der Waals surface area contributed by atoms with Crippen LogP contribution in [0.25, 0.3) is 0 Å². The minimum absolute atomic E-state index is 0.0479. The van der Waals surface area contributed by atoms with Gasteiger partial charge in [0.2, 0.25) is 0 Å². The molecule has 2 saturated heterocycles. The highest BCUT2D eigenvalue weighted by atomic mass is 16.5. The topological polar surface area (TPSA) is 29.5 Å². The number of piperidine rings is 1. The zero-order chi connectivity index (χ0) is 13.3. The second kappa shape index (κ2) is 4.97. The highest BCUT2D eigenvalue weighted by Gasteiger charge is 2.51. The summed E-state index contributed by atoms with van der Waals surface area (Å²) >= 11 is 0. The van der Waals surface area contributed by atoms with Crippen LogP contribution in [0, 0.1) is 0 Å². The fourth-order valence-electron chi connectivity index (χ4n) is 3.43. The highest BCUT2D eigenvalue weighted by Crippen LogP contribution is 2.37. The zero-order valence-corrected chi connectivity index (χ0v) is 11.5. The number of likely N-dealkylation sites (tertiary alicyclic amines) is 1. The van der Waals surface area contributed by atoms with Crippen LogP contribution >= 0.6 is 0 Å². The lowest BCUT2D eigenvalue weighted by Crippen LogP contribution is -2.52. The maximum Gasteiger partial charge on any atom is 0.324 e. The van der Waals surface area contributed by atoms with Gasteiger partial charge in [0.25, 0.3) is 0 Å². The molecule has 1 aromatic rings. The number of carbonyl (C=O) groups is 1. The molecule has 102 valence electrons. The summed E-state index contributed by atoms with van der Waals surface area (Å²) in [5, 5.41) is 0. The third-order valence-electron chi connectivity index (χ3n) is 4.53. The van der Waals surface area contributed by atoms with Crippen molar-refractivity contribution in [2.75, 3.05) is 19.7 Å². The number of esters is 1. The van der Waals surface area contributed by atoms with E-state index in [2.05, 4.69) is 24.0 Å². The Balaban J connectivity index is 1.93. The summed E-state index contributed by atoms with van der Waals surface area (Å²) in [5.74, 6) is -0.0479. The Bertz CT molecular complexity index is 453. The number of benzene rings is 1. The molecule has 2 atom stereocenters. The predicted molar refractivity (Wildman–Crippen MR) is 74.0 cm³/mol. The number of nitrogens with zero attached hydrogens (tertiary/aromatic N) is 1. The van der Waals surface area contributed by atoms with Crippen molar-refractivity contribution < 1.29 is 9.53 Å². The van der Waals surface area contributed by atoms with Crippen LogP contribution in [0.3, 0.4) is 0 Å². The molecule has 0 aromatic heterocycles. The van der Waals surface area contributed by atoms with E-state index in [0.717, 1.165) is 13.1 Å². The molecule has 0 spiro atoms. The largest absolute Gasteiger partial charge is 0.463 e. The van der Waals surface area contributed by atoms with Crippen LogP contribution in [0.4, 0.5) is 0 Å². The van der Waals surface area contributed by atoms with Gasteiger partial charge in [-0.3, -0.25) is 9.69 Å². The standard InChI is InChI=1S/C16H21NO2/c1-16(13-8-4-2-5-9-13)12-19-15(18)14(16)17-10-6-3-7-11-17/h2,4-5,8-9,14H,3,6-7,10-12H2,1H3. The van der Waals surface area contributed by atoms with Crippen molar-refractivity contribution in [2.24, 2.45) is 0 Å². The lowest BCUT2D eigenvalue weighted by molar-refractivity contribution is -0.142. The predicted octanol–water partition coefficient (Wildman–Crippen LogP) is 2.36. The molecule has 2 aliphatic heterocycles. The van der Waals surface area contributed by atoms with Gasteiger partial charge in [-0.1, -0.05) is 43.7 Å². The molecule has 0 radical (unpaired) electrons. The smallest absolute Gasteiger partial charge is 0.324 e. The van der Waals surface area contributed by atoms with Gasteiger partial charge in [0, 0.05) is 0 Å². The molecule has 19 heavy (non-hydrogen) atoms. The van der Waals surface area contributed by atoms with Gasteiger partial charge in [-0.05, 0) is 31.5 Å². The molecule has 2 heterocycles. The van der Waals surface area contributed by atoms with E-state index in [-0.39, 0.29) is 17.4 Å². The minimum atomic E-state index is -0.213. The Morgan fingerprint density at radius 2 is 1.84 bits per heavy atom. The van der Waals surface area contributed by atoms with Crippen LogP contribution in [0.2, 0.25) is 0 Å². The molecule has 3 nitrogen and oxygen atoms in total.